The fraction of sp³-hybridized carbons (Fsp3) is 0.462. The molecule has 1 amide bonds. The normalized spacial score (nSPS) is 15.8. The van der Waals surface area contributed by atoms with Crippen molar-refractivity contribution in [1.82, 2.24) is 0 Å². The summed E-state index contributed by atoms with van der Waals surface area (Å²) in [4.78, 5) is 11.4. The fourth-order valence-corrected chi connectivity index (χ4v) is 2.30. The van der Waals surface area contributed by atoms with Crippen molar-refractivity contribution in [3.05, 3.63) is 28.8 Å². The lowest BCUT2D eigenvalue weighted by Gasteiger charge is -2.16. The summed E-state index contributed by atoms with van der Waals surface area (Å²) in [7, 11) is 0. The summed E-state index contributed by atoms with van der Waals surface area (Å²) in [5, 5.41) is 2.91. The third-order valence-corrected chi connectivity index (χ3v) is 3.01. The maximum absolute atomic E-state index is 11.4. The molecule has 1 aromatic carbocycles. The number of fused-ring (bicyclic) bond motifs is 1. The van der Waals surface area contributed by atoms with E-state index in [0.717, 1.165) is 29.7 Å². The predicted octanol–water partition coefficient (Wildman–Crippen LogP) is 2.29. The number of rotatable bonds is 3. The van der Waals surface area contributed by atoms with Crippen molar-refractivity contribution in [2.24, 2.45) is 5.73 Å². The molecule has 1 atom stereocenters. The smallest absolute Gasteiger partial charge is 0.228 e. The van der Waals surface area contributed by atoms with Gasteiger partial charge in [-0.1, -0.05) is 31.0 Å². The monoisotopic (exact) mass is 218 g/mol. The molecular formula is C13H18N2O. The van der Waals surface area contributed by atoms with Gasteiger partial charge in [-0.15, -0.1) is 0 Å². The van der Waals surface area contributed by atoms with Crippen LogP contribution in [-0.4, -0.2) is 5.91 Å². The second-order valence-corrected chi connectivity index (χ2v) is 4.51. The molecule has 16 heavy (non-hydrogen) atoms. The molecule has 1 unspecified atom stereocenters. The zero-order valence-corrected chi connectivity index (χ0v) is 9.84. The molecule has 2 rings (SSSR count). The van der Waals surface area contributed by atoms with E-state index in [-0.39, 0.29) is 11.9 Å². The van der Waals surface area contributed by atoms with Crippen molar-refractivity contribution in [2.45, 2.75) is 39.2 Å². The van der Waals surface area contributed by atoms with Crippen LogP contribution in [0.3, 0.4) is 0 Å². The second kappa shape index (κ2) is 4.26. The first-order valence-corrected chi connectivity index (χ1v) is 5.80. The molecule has 0 fully saturated rings. The Kier molecular flexibility index (Phi) is 2.97. The number of hydrogen-bond acceptors (Lipinski definition) is 2. The zero-order chi connectivity index (χ0) is 11.7. The van der Waals surface area contributed by atoms with Gasteiger partial charge in [0.05, 0.1) is 6.42 Å². The molecule has 3 N–H and O–H groups in total. The molecule has 1 aliphatic rings. The molecule has 0 saturated heterocycles. The molecule has 0 aromatic heterocycles. The van der Waals surface area contributed by atoms with E-state index < -0.39 is 0 Å². The van der Waals surface area contributed by atoms with Crippen molar-refractivity contribution in [3.8, 4) is 0 Å². The van der Waals surface area contributed by atoms with Crippen LogP contribution in [0.25, 0.3) is 0 Å². The van der Waals surface area contributed by atoms with Crippen molar-refractivity contribution in [1.29, 1.82) is 0 Å². The molecule has 1 heterocycles. The van der Waals surface area contributed by atoms with E-state index in [4.69, 9.17) is 5.73 Å². The summed E-state index contributed by atoms with van der Waals surface area (Å²) in [6.07, 6.45) is 2.49. The highest BCUT2D eigenvalue weighted by Crippen LogP contribution is 2.33. The van der Waals surface area contributed by atoms with Crippen LogP contribution < -0.4 is 11.1 Å². The summed E-state index contributed by atoms with van der Waals surface area (Å²) in [5.74, 6) is 0.0746. The largest absolute Gasteiger partial charge is 0.325 e. The number of carbonyl (C=O) groups excluding carboxylic acids is 1. The first-order valence-electron chi connectivity index (χ1n) is 5.80. The van der Waals surface area contributed by atoms with Crippen LogP contribution in [0, 0.1) is 6.92 Å². The summed E-state index contributed by atoms with van der Waals surface area (Å²) in [5.41, 5.74) is 10.4. The molecule has 0 bridgehead atoms. The van der Waals surface area contributed by atoms with E-state index >= 15 is 0 Å². The number of amides is 1. The SMILES string of the molecule is CCCC(N)c1cc(C)cc2c1NC(=O)C2. The number of nitrogens with two attached hydrogens (primary N) is 1. The van der Waals surface area contributed by atoms with E-state index in [0.29, 0.717) is 6.42 Å². The number of nitrogens with one attached hydrogen (secondary N) is 1. The van der Waals surface area contributed by atoms with Gasteiger partial charge in [0.2, 0.25) is 5.91 Å². The van der Waals surface area contributed by atoms with Crippen LogP contribution in [0.5, 0.6) is 0 Å². The molecule has 0 aliphatic carbocycles. The summed E-state index contributed by atoms with van der Waals surface area (Å²) < 4.78 is 0. The minimum atomic E-state index is 0.0250. The lowest BCUT2D eigenvalue weighted by molar-refractivity contribution is -0.115. The van der Waals surface area contributed by atoms with Gasteiger partial charge in [0.25, 0.3) is 0 Å². The first kappa shape index (κ1) is 11.1. The van der Waals surface area contributed by atoms with Crippen LogP contribution in [0.4, 0.5) is 5.69 Å². The topological polar surface area (TPSA) is 55.1 Å². The Balaban J connectivity index is 2.42. The van der Waals surface area contributed by atoms with Gasteiger partial charge in [0, 0.05) is 11.7 Å². The number of hydrogen-bond donors (Lipinski definition) is 2. The van der Waals surface area contributed by atoms with Gasteiger partial charge < -0.3 is 11.1 Å². The molecule has 3 heteroatoms. The van der Waals surface area contributed by atoms with Crippen LogP contribution >= 0.6 is 0 Å². The van der Waals surface area contributed by atoms with Gasteiger partial charge in [-0.25, -0.2) is 0 Å². The van der Waals surface area contributed by atoms with Crippen LogP contribution in [0.2, 0.25) is 0 Å². The number of benzene rings is 1. The van der Waals surface area contributed by atoms with Gasteiger partial charge in [0.1, 0.15) is 0 Å². The average Bonchev–Trinajstić information content (AvgIpc) is 2.57. The van der Waals surface area contributed by atoms with E-state index in [2.05, 4.69) is 24.4 Å². The van der Waals surface area contributed by atoms with Gasteiger partial charge in [0.15, 0.2) is 0 Å². The van der Waals surface area contributed by atoms with Crippen LogP contribution in [0.15, 0.2) is 12.1 Å². The van der Waals surface area contributed by atoms with Crippen molar-refractivity contribution in [2.75, 3.05) is 5.32 Å². The van der Waals surface area contributed by atoms with Crippen molar-refractivity contribution in [3.63, 3.8) is 0 Å². The minimum absolute atomic E-state index is 0.0250. The van der Waals surface area contributed by atoms with Crippen LogP contribution in [-0.2, 0) is 11.2 Å². The van der Waals surface area contributed by atoms with Crippen LogP contribution in [0.1, 0.15) is 42.5 Å². The van der Waals surface area contributed by atoms with E-state index in [9.17, 15) is 4.79 Å². The maximum Gasteiger partial charge on any atom is 0.228 e. The van der Waals surface area contributed by atoms with Crippen molar-refractivity contribution < 1.29 is 4.79 Å². The lowest BCUT2D eigenvalue weighted by Crippen LogP contribution is -2.13. The lowest BCUT2D eigenvalue weighted by atomic mass is 9.96. The van der Waals surface area contributed by atoms with E-state index in [1.165, 1.54) is 5.56 Å². The highest BCUT2D eigenvalue weighted by atomic mass is 16.1. The van der Waals surface area contributed by atoms with Gasteiger partial charge in [-0.3, -0.25) is 4.79 Å². The van der Waals surface area contributed by atoms with E-state index in [1.54, 1.807) is 0 Å². The maximum atomic E-state index is 11.4. The highest BCUT2D eigenvalue weighted by molar-refractivity contribution is 6.00. The number of aryl methyl sites for hydroxylation is 1. The predicted molar refractivity (Wildman–Crippen MR) is 65.3 cm³/mol. The highest BCUT2D eigenvalue weighted by Gasteiger charge is 2.23. The third-order valence-electron chi connectivity index (χ3n) is 3.01. The van der Waals surface area contributed by atoms with Crippen molar-refractivity contribution >= 4 is 11.6 Å². The Morgan fingerprint density at radius 3 is 2.94 bits per heavy atom. The Morgan fingerprint density at radius 1 is 1.50 bits per heavy atom. The first-order chi connectivity index (χ1) is 7.61. The Bertz CT molecular complexity index is 426. The Labute approximate surface area is 96.0 Å². The van der Waals surface area contributed by atoms with E-state index in [1.807, 2.05) is 6.92 Å². The molecule has 0 saturated carbocycles. The Hall–Kier alpha value is -1.35. The minimum Gasteiger partial charge on any atom is -0.325 e. The van der Waals surface area contributed by atoms with Gasteiger partial charge in [-0.2, -0.15) is 0 Å². The Morgan fingerprint density at radius 2 is 2.25 bits per heavy atom. The summed E-state index contributed by atoms with van der Waals surface area (Å²) >= 11 is 0. The fourth-order valence-electron chi connectivity index (χ4n) is 2.30. The second-order valence-electron chi connectivity index (χ2n) is 4.51. The van der Waals surface area contributed by atoms with Gasteiger partial charge >= 0.3 is 0 Å². The standard InChI is InChI=1S/C13H18N2O/c1-3-4-11(14)10-6-8(2)5-9-7-12(16)15-13(9)10/h5-6,11H,3-4,7,14H2,1-2H3,(H,15,16). The average molecular weight is 218 g/mol. The quantitative estimate of drug-likeness (QED) is 0.817. The molecule has 1 aliphatic heterocycles. The zero-order valence-electron chi connectivity index (χ0n) is 9.84. The number of carbonyl (C=O) groups is 1. The van der Waals surface area contributed by atoms with Gasteiger partial charge in [-0.05, 0) is 24.5 Å². The molecule has 0 spiro atoms. The third kappa shape index (κ3) is 1.95. The summed E-state index contributed by atoms with van der Waals surface area (Å²) in [6.45, 7) is 4.17. The molecule has 1 aromatic rings. The number of anilines is 1. The molecule has 0 radical (unpaired) electrons. The summed E-state index contributed by atoms with van der Waals surface area (Å²) in [6, 6.07) is 4.18. The molecule has 3 nitrogen and oxygen atoms in total. The molecule has 86 valence electrons. The molecular weight excluding hydrogens is 200 g/mol.